The van der Waals surface area contributed by atoms with Crippen molar-refractivity contribution in [2.75, 3.05) is 13.2 Å². The Morgan fingerprint density at radius 3 is 2.42 bits per heavy atom. The first kappa shape index (κ1) is 15.8. The van der Waals surface area contributed by atoms with E-state index in [1.165, 1.54) is 4.40 Å². The number of carbonyl (C=O) groups is 2. The molecule has 102 valence electrons. The van der Waals surface area contributed by atoms with Gasteiger partial charge in [0.1, 0.15) is 0 Å². The Bertz CT molecular complexity index is 408. The molecule has 1 rings (SSSR count). The van der Waals surface area contributed by atoms with E-state index in [2.05, 4.69) is 0 Å². The van der Waals surface area contributed by atoms with E-state index in [1.54, 1.807) is 6.92 Å². The zero-order valence-corrected chi connectivity index (χ0v) is 13.5. The summed E-state index contributed by atoms with van der Waals surface area (Å²) in [5, 5.41) is 0. The van der Waals surface area contributed by atoms with E-state index >= 15 is 0 Å². The Morgan fingerprint density at radius 2 is 1.84 bits per heavy atom. The van der Waals surface area contributed by atoms with E-state index in [0.717, 1.165) is 0 Å². The Balaban J connectivity index is 2.46. The Kier molecular flexibility index (Phi) is 7.25. The van der Waals surface area contributed by atoms with Crippen LogP contribution in [-0.2, 0) is 14.3 Å². The van der Waals surface area contributed by atoms with Crippen molar-refractivity contribution in [3.8, 4) is 0 Å². The maximum atomic E-state index is 12.0. The van der Waals surface area contributed by atoms with Crippen LogP contribution in [0.25, 0.3) is 0 Å². The molecule has 0 aliphatic heterocycles. The number of carbonyl (C=O) groups excluding carboxylic acids is 2. The summed E-state index contributed by atoms with van der Waals surface area (Å²) in [6.07, 6.45) is 0.410. The zero-order chi connectivity index (χ0) is 14.1. The van der Waals surface area contributed by atoms with Crippen LogP contribution in [0.2, 0.25) is 0 Å². The predicted molar refractivity (Wildman–Crippen MR) is 75.1 cm³/mol. The second-order valence-electron chi connectivity index (χ2n) is 3.92. The number of benzene rings is 1. The Morgan fingerprint density at radius 1 is 1.16 bits per heavy atom. The second-order valence-corrected chi connectivity index (χ2v) is 6.73. The molecule has 0 bridgehead atoms. The van der Waals surface area contributed by atoms with Gasteiger partial charge in [-0.05, 0) is 0 Å². The van der Waals surface area contributed by atoms with Gasteiger partial charge in [0.25, 0.3) is 0 Å². The third-order valence-corrected chi connectivity index (χ3v) is 5.50. The summed E-state index contributed by atoms with van der Waals surface area (Å²) in [4.78, 5) is 23.3. The molecule has 0 aliphatic carbocycles. The number of esters is 1. The van der Waals surface area contributed by atoms with Gasteiger partial charge in [0.15, 0.2) is 0 Å². The number of ether oxygens (including phenoxy) is 1. The van der Waals surface area contributed by atoms with Crippen molar-refractivity contribution in [1.82, 2.24) is 3.86 Å². The van der Waals surface area contributed by atoms with Crippen LogP contribution in [-0.4, -0.2) is 44.5 Å². The van der Waals surface area contributed by atoms with Gasteiger partial charge in [-0.3, -0.25) is 0 Å². The van der Waals surface area contributed by atoms with Crippen molar-refractivity contribution >= 4 is 31.9 Å². The van der Waals surface area contributed by atoms with Crippen LogP contribution in [0.5, 0.6) is 0 Å². The van der Waals surface area contributed by atoms with Crippen LogP contribution in [0.3, 0.4) is 0 Å². The fourth-order valence-electron chi connectivity index (χ4n) is 1.56. The van der Waals surface area contributed by atoms with Crippen LogP contribution < -0.4 is 4.40 Å². The minimum atomic E-state index is -0.634. The minimum absolute atomic E-state index is 0.0411. The molecule has 2 radical (unpaired) electrons. The molecule has 0 spiro atoms. The first-order valence-corrected chi connectivity index (χ1v) is 8.43. The van der Waals surface area contributed by atoms with E-state index in [1.807, 2.05) is 41.1 Å². The normalized spacial score (nSPS) is 10.0. The SMILES string of the molecule is CCOC(=O)CCC(=O)[N](CC)[Ge][c]1ccccc1. The average Bonchev–Trinajstić information content (AvgIpc) is 2.43. The summed E-state index contributed by atoms with van der Waals surface area (Å²) in [6, 6.07) is 10.0. The Hall–Kier alpha value is -1.30. The average molecular weight is 322 g/mol. The van der Waals surface area contributed by atoms with E-state index in [9.17, 15) is 9.59 Å². The third-order valence-electron chi connectivity index (χ3n) is 2.50. The molecule has 0 saturated heterocycles. The topological polar surface area (TPSA) is 46.6 Å². The van der Waals surface area contributed by atoms with Crippen molar-refractivity contribution in [1.29, 1.82) is 0 Å². The predicted octanol–water partition coefficient (Wildman–Crippen LogP) is 1.12. The number of rotatable bonds is 7. The van der Waals surface area contributed by atoms with Crippen molar-refractivity contribution in [2.24, 2.45) is 0 Å². The second kappa shape index (κ2) is 8.74. The first-order valence-electron chi connectivity index (χ1n) is 6.45. The van der Waals surface area contributed by atoms with Gasteiger partial charge in [-0.15, -0.1) is 0 Å². The van der Waals surface area contributed by atoms with E-state index < -0.39 is 15.7 Å². The van der Waals surface area contributed by atoms with Gasteiger partial charge in [0, 0.05) is 0 Å². The van der Waals surface area contributed by atoms with Crippen molar-refractivity contribution in [3.05, 3.63) is 30.3 Å². The van der Waals surface area contributed by atoms with Gasteiger partial charge < -0.3 is 0 Å². The van der Waals surface area contributed by atoms with E-state index in [-0.39, 0.29) is 24.7 Å². The van der Waals surface area contributed by atoms with Crippen molar-refractivity contribution in [3.63, 3.8) is 0 Å². The zero-order valence-electron chi connectivity index (χ0n) is 11.4. The van der Waals surface area contributed by atoms with Gasteiger partial charge in [-0.2, -0.15) is 0 Å². The molecule has 0 heterocycles. The number of amides is 1. The molecule has 1 amide bonds. The summed E-state index contributed by atoms with van der Waals surface area (Å²) in [7, 11) is 0. The molecule has 0 saturated carbocycles. The van der Waals surface area contributed by atoms with Gasteiger partial charge in [0.05, 0.1) is 0 Å². The molecule has 0 N–H and O–H groups in total. The summed E-state index contributed by atoms with van der Waals surface area (Å²) < 4.78 is 7.91. The molecule has 4 nitrogen and oxygen atoms in total. The van der Waals surface area contributed by atoms with E-state index in [4.69, 9.17) is 4.74 Å². The summed E-state index contributed by atoms with van der Waals surface area (Å²) in [5.41, 5.74) is 0. The first-order chi connectivity index (χ1) is 9.17. The van der Waals surface area contributed by atoms with Crippen LogP contribution in [0.4, 0.5) is 0 Å². The molecule has 0 atom stereocenters. The Labute approximate surface area is 120 Å². The fourth-order valence-corrected chi connectivity index (χ4v) is 3.76. The molecule has 1 aromatic carbocycles. The van der Waals surface area contributed by atoms with Crippen LogP contribution in [0, 0.1) is 0 Å². The van der Waals surface area contributed by atoms with Crippen molar-refractivity contribution < 1.29 is 14.3 Å². The number of hydrogen-bond donors (Lipinski definition) is 0. The molecule has 1 aromatic rings. The molecule has 0 aromatic heterocycles. The quantitative estimate of drug-likeness (QED) is 0.558. The molecular formula is C14H19GeNO3. The van der Waals surface area contributed by atoms with E-state index in [0.29, 0.717) is 13.2 Å². The fraction of sp³-hybridized carbons (Fsp3) is 0.429. The van der Waals surface area contributed by atoms with Crippen LogP contribution in [0.15, 0.2) is 30.3 Å². The third kappa shape index (κ3) is 5.92. The monoisotopic (exact) mass is 323 g/mol. The molecule has 5 heteroatoms. The maximum absolute atomic E-state index is 12.0. The number of nitrogens with zero attached hydrogens (tertiary/aromatic N) is 1. The van der Waals surface area contributed by atoms with Crippen LogP contribution >= 0.6 is 0 Å². The molecule has 19 heavy (non-hydrogen) atoms. The molecule has 0 aliphatic rings. The van der Waals surface area contributed by atoms with Gasteiger partial charge >= 0.3 is 120 Å². The van der Waals surface area contributed by atoms with Crippen LogP contribution in [0.1, 0.15) is 26.7 Å². The number of hydrogen-bond acceptors (Lipinski definition) is 3. The standard InChI is InChI=1S/C14H19GeNO3/c1-3-16(15-12-8-6-5-7-9-12)13(17)10-11-14(18)19-4-2/h5-9H,3-4,10-11H2,1-2H3. The summed E-state index contributed by atoms with van der Waals surface area (Å²) in [5.74, 6) is -0.258. The molecule has 0 fully saturated rings. The molecule has 0 unspecified atom stereocenters. The molecular weight excluding hydrogens is 303 g/mol. The van der Waals surface area contributed by atoms with Gasteiger partial charge in [-0.1, -0.05) is 0 Å². The van der Waals surface area contributed by atoms with Gasteiger partial charge in [-0.25, -0.2) is 0 Å². The summed E-state index contributed by atoms with van der Waals surface area (Å²) in [6.45, 7) is 4.79. The van der Waals surface area contributed by atoms with Crippen molar-refractivity contribution in [2.45, 2.75) is 26.7 Å². The summed E-state index contributed by atoms with van der Waals surface area (Å²) >= 11 is -0.634. The van der Waals surface area contributed by atoms with Gasteiger partial charge in [0.2, 0.25) is 0 Å².